The standard InChI is InChI=1S/C26H28N2O5/c1-4-6-12-22(29)27-24-25(18-13-15-20(32-3)16-14-18)28(26(24)31)21-11-8-7-10-19(21)17-33-23(30)9-5-2/h4-5,7-8,10-11,13-16,24-25H,1-2,6,9,12,17H2,3H3,(H,27,29)/t24-,25-/m0/s1. The number of hydrogen-bond acceptors (Lipinski definition) is 5. The minimum Gasteiger partial charge on any atom is -0.497 e. The van der Waals surface area contributed by atoms with Crippen molar-refractivity contribution < 1.29 is 23.9 Å². The van der Waals surface area contributed by atoms with Crippen LogP contribution in [0.1, 0.15) is 36.4 Å². The zero-order chi connectivity index (χ0) is 23.8. The molecule has 1 heterocycles. The van der Waals surface area contributed by atoms with E-state index in [1.807, 2.05) is 42.5 Å². The summed E-state index contributed by atoms with van der Waals surface area (Å²) in [4.78, 5) is 39.0. The summed E-state index contributed by atoms with van der Waals surface area (Å²) in [7, 11) is 1.58. The number of amides is 2. The molecule has 7 nitrogen and oxygen atoms in total. The van der Waals surface area contributed by atoms with Gasteiger partial charge < -0.3 is 19.7 Å². The first-order valence-corrected chi connectivity index (χ1v) is 10.7. The number of β-lactam (4-membered cyclic amide) rings is 1. The van der Waals surface area contributed by atoms with Gasteiger partial charge in [-0.2, -0.15) is 0 Å². The van der Waals surface area contributed by atoms with Gasteiger partial charge in [0.15, 0.2) is 0 Å². The van der Waals surface area contributed by atoms with Gasteiger partial charge >= 0.3 is 5.97 Å². The van der Waals surface area contributed by atoms with E-state index in [1.165, 1.54) is 6.08 Å². The number of para-hydroxylation sites is 1. The molecule has 0 spiro atoms. The number of rotatable bonds is 11. The molecule has 33 heavy (non-hydrogen) atoms. The van der Waals surface area contributed by atoms with E-state index in [9.17, 15) is 14.4 Å². The fraction of sp³-hybridized carbons (Fsp3) is 0.269. The number of methoxy groups -OCH3 is 1. The summed E-state index contributed by atoms with van der Waals surface area (Å²) in [5.74, 6) is -0.142. The average Bonchev–Trinajstić information content (AvgIpc) is 2.83. The Morgan fingerprint density at radius 1 is 1.09 bits per heavy atom. The van der Waals surface area contributed by atoms with Crippen molar-refractivity contribution in [3.63, 3.8) is 0 Å². The van der Waals surface area contributed by atoms with Gasteiger partial charge in [-0.05, 0) is 30.2 Å². The Balaban J connectivity index is 1.90. The molecule has 2 amide bonds. The molecule has 1 fully saturated rings. The normalized spacial score (nSPS) is 17.0. The zero-order valence-electron chi connectivity index (χ0n) is 18.7. The first-order valence-electron chi connectivity index (χ1n) is 10.7. The van der Waals surface area contributed by atoms with Crippen molar-refractivity contribution in [1.82, 2.24) is 5.32 Å². The van der Waals surface area contributed by atoms with E-state index in [2.05, 4.69) is 18.5 Å². The van der Waals surface area contributed by atoms with Crippen molar-refractivity contribution >= 4 is 23.5 Å². The molecule has 0 aromatic heterocycles. The second kappa shape index (κ2) is 11.1. The van der Waals surface area contributed by atoms with Crippen LogP contribution in [0.15, 0.2) is 73.8 Å². The number of esters is 1. The largest absolute Gasteiger partial charge is 0.497 e. The number of anilines is 1. The zero-order valence-corrected chi connectivity index (χ0v) is 18.7. The molecule has 2 aromatic rings. The van der Waals surface area contributed by atoms with Gasteiger partial charge in [0.1, 0.15) is 18.4 Å². The summed E-state index contributed by atoms with van der Waals surface area (Å²) in [5.41, 5.74) is 2.17. The molecule has 0 saturated carbocycles. The number of ether oxygens (including phenoxy) is 2. The summed E-state index contributed by atoms with van der Waals surface area (Å²) in [6, 6.07) is 13.5. The van der Waals surface area contributed by atoms with E-state index in [0.29, 0.717) is 23.4 Å². The minimum atomic E-state index is -0.702. The first kappa shape index (κ1) is 23.8. The van der Waals surface area contributed by atoms with Gasteiger partial charge in [-0.25, -0.2) is 0 Å². The molecular formula is C26H28N2O5. The van der Waals surface area contributed by atoms with Crippen molar-refractivity contribution in [3.05, 3.63) is 85.0 Å². The third-order valence-electron chi connectivity index (χ3n) is 5.40. The van der Waals surface area contributed by atoms with E-state index in [-0.39, 0.29) is 31.3 Å². The highest BCUT2D eigenvalue weighted by molar-refractivity contribution is 6.08. The van der Waals surface area contributed by atoms with Crippen molar-refractivity contribution in [2.75, 3.05) is 12.0 Å². The van der Waals surface area contributed by atoms with Crippen molar-refractivity contribution in [3.8, 4) is 5.75 Å². The van der Waals surface area contributed by atoms with Crippen molar-refractivity contribution in [2.24, 2.45) is 0 Å². The van der Waals surface area contributed by atoms with Crippen LogP contribution in [0.5, 0.6) is 5.75 Å². The van der Waals surface area contributed by atoms with Gasteiger partial charge in [0.25, 0.3) is 5.91 Å². The first-order chi connectivity index (χ1) is 16.0. The topological polar surface area (TPSA) is 84.9 Å². The van der Waals surface area contributed by atoms with E-state index < -0.39 is 18.1 Å². The molecule has 172 valence electrons. The van der Waals surface area contributed by atoms with E-state index in [1.54, 1.807) is 24.2 Å². The Hall–Kier alpha value is -3.87. The molecular weight excluding hydrogens is 420 g/mol. The second-order valence-corrected chi connectivity index (χ2v) is 7.58. The van der Waals surface area contributed by atoms with Gasteiger partial charge in [0.05, 0.1) is 25.3 Å². The molecule has 0 aliphatic carbocycles. The maximum atomic E-state index is 13.2. The second-order valence-electron chi connectivity index (χ2n) is 7.58. The molecule has 1 aliphatic rings. The van der Waals surface area contributed by atoms with Gasteiger partial charge in [0.2, 0.25) is 5.91 Å². The van der Waals surface area contributed by atoms with Crippen LogP contribution in [0.3, 0.4) is 0 Å². The van der Waals surface area contributed by atoms with E-state index in [4.69, 9.17) is 9.47 Å². The number of carbonyl (C=O) groups excluding carboxylic acids is 3. The quantitative estimate of drug-likeness (QED) is 0.321. The molecule has 0 unspecified atom stereocenters. The van der Waals surface area contributed by atoms with Crippen LogP contribution in [0.25, 0.3) is 0 Å². The molecule has 0 radical (unpaired) electrons. The number of benzene rings is 2. The highest BCUT2D eigenvalue weighted by Crippen LogP contribution is 2.41. The highest BCUT2D eigenvalue weighted by atomic mass is 16.5. The Morgan fingerprint density at radius 3 is 2.48 bits per heavy atom. The van der Waals surface area contributed by atoms with Crippen molar-refractivity contribution in [2.45, 2.75) is 38.0 Å². The lowest BCUT2D eigenvalue weighted by Gasteiger charge is -2.48. The Morgan fingerprint density at radius 2 is 1.82 bits per heavy atom. The average molecular weight is 449 g/mol. The predicted octanol–water partition coefficient (Wildman–Crippen LogP) is 3.85. The minimum absolute atomic E-state index is 0.0261. The number of carbonyl (C=O) groups is 3. The monoisotopic (exact) mass is 448 g/mol. The van der Waals surface area contributed by atoms with Crippen LogP contribution in [-0.4, -0.2) is 30.9 Å². The molecule has 1 aliphatic heterocycles. The van der Waals surface area contributed by atoms with Crippen LogP contribution in [0, 0.1) is 0 Å². The molecule has 2 aromatic carbocycles. The smallest absolute Gasteiger partial charge is 0.309 e. The molecule has 3 rings (SSSR count). The van der Waals surface area contributed by atoms with Gasteiger partial charge in [0, 0.05) is 12.0 Å². The molecule has 2 atom stereocenters. The Kier molecular flexibility index (Phi) is 8.02. The summed E-state index contributed by atoms with van der Waals surface area (Å²) in [6.07, 6.45) is 4.05. The third kappa shape index (κ3) is 5.49. The van der Waals surface area contributed by atoms with Crippen LogP contribution in [-0.2, 0) is 25.7 Å². The summed E-state index contributed by atoms with van der Waals surface area (Å²) in [6.45, 7) is 7.20. The molecule has 7 heteroatoms. The number of nitrogens with zero attached hydrogens (tertiary/aromatic N) is 1. The van der Waals surface area contributed by atoms with Gasteiger partial charge in [-0.15, -0.1) is 13.2 Å². The van der Waals surface area contributed by atoms with Crippen LogP contribution < -0.4 is 15.0 Å². The van der Waals surface area contributed by atoms with Gasteiger partial charge in [-0.1, -0.05) is 42.5 Å². The van der Waals surface area contributed by atoms with Crippen LogP contribution in [0.2, 0.25) is 0 Å². The van der Waals surface area contributed by atoms with Gasteiger partial charge in [-0.3, -0.25) is 14.4 Å². The summed E-state index contributed by atoms with van der Waals surface area (Å²) >= 11 is 0. The lowest BCUT2D eigenvalue weighted by atomic mass is 9.86. The SMILES string of the molecule is C=CCCC(=O)N[C@@H]1C(=O)N(c2ccccc2COC(=O)CC=C)[C@H]1c1ccc(OC)cc1. The third-order valence-corrected chi connectivity index (χ3v) is 5.40. The lowest BCUT2D eigenvalue weighted by molar-refractivity contribution is -0.143. The molecule has 1 saturated heterocycles. The number of allylic oxidation sites excluding steroid dienone is 1. The highest BCUT2D eigenvalue weighted by Gasteiger charge is 2.50. The van der Waals surface area contributed by atoms with Crippen molar-refractivity contribution in [1.29, 1.82) is 0 Å². The summed E-state index contributed by atoms with van der Waals surface area (Å²) in [5, 5.41) is 2.86. The van der Waals surface area contributed by atoms with E-state index in [0.717, 1.165) is 5.56 Å². The lowest BCUT2D eigenvalue weighted by Crippen LogP contribution is -2.66. The maximum absolute atomic E-state index is 13.2. The predicted molar refractivity (Wildman–Crippen MR) is 126 cm³/mol. The fourth-order valence-corrected chi connectivity index (χ4v) is 3.72. The Labute approximate surface area is 193 Å². The fourth-order valence-electron chi connectivity index (χ4n) is 3.72. The van der Waals surface area contributed by atoms with Crippen LogP contribution >= 0.6 is 0 Å². The maximum Gasteiger partial charge on any atom is 0.309 e. The summed E-state index contributed by atoms with van der Waals surface area (Å²) < 4.78 is 10.6. The van der Waals surface area contributed by atoms with Crippen LogP contribution in [0.4, 0.5) is 5.69 Å². The number of hydrogen-bond donors (Lipinski definition) is 1. The molecule has 1 N–H and O–H groups in total. The molecule has 0 bridgehead atoms. The number of nitrogens with one attached hydrogen (secondary N) is 1. The Bertz CT molecular complexity index is 1030. The van der Waals surface area contributed by atoms with E-state index >= 15 is 0 Å².